The van der Waals surface area contributed by atoms with E-state index in [0.717, 1.165) is 23.3 Å². The molecule has 2 aromatic rings. The van der Waals surface area contributed by atoms with E-state index in [2.05, 4.69) is 6.92 Å². The maximum atomic E-state index is 13.5. The number of hydrogen-bond acceptors (Lipinski definition) is 5. The molecule has 34 heavy (non-hydrogen) atoms. The number of carbonyl (C=O) groups excluding carboxylic acids is 2. The Balaban J connectivity index is 2.19. The van der Waals surface area contributed by atoms with Crippen molar-refractivity contribution in [3.63, 3.8) is 0 Å². The molecule has 0 aliphatic carbocycles. The Morgan fingerprint density at radius 2 is 1.79 bits per heavy atom. The molecule has 0 aliphatic rings. The van der Waals surface area contributed by atoms with Crippen LogP contribution in [0.2, 0.25) is 0 Å². The zero-order valence-electron chi connectivity index (χ0n) is 20.9. The lowest BCUT2D eigenvalue weighted by atomic mass is 9.94. The van der Waals surface area contributed by atoms with Gasteiger partial charge in [0.25, 0.3) is 0 Å². The van der Waals surface area contributed by atoms with Gasteiger partial charge in [0.15, 0.2) is 11.5 Å². The van der Waals surface area contributed by atoms with Crippen molar-refractivity contribution in [3.8, 4) is 11.5 Å². The van der Waals surface area contributed by atoms with Gasteiger partial charge in [0.05, 0.1) is 32.7 Å². The van der Waals surface area contributed by atoms with Crippen LogP contribution in [0.15, 0.2) is 35.7 Å². The number of rotatable bonds is 14. The number of methoxy groups -OCH3 is 2. The summed E-state index contributed by atoms with van der Waals surface area (Å²) in [6, 6.07) is 9.80. The number of ether oxygens (including phenoxy) is 2. The van der Waals surface area contributed by atoms with Gasteiger partial charge < -0.3 is 19.3 Å². The quantitative estimate of drug-likeness (QED) is 0.328. The fraction of sp³-hybridized carbons (Fsp3) is 0.538. The first-order valence-electron chi connectivity index (χ1n) is 11.6. The van der Waals surface area contributed by atoms with Gasteiger partial charge in [0, 0.05) is 23.8 Å². The van der Waals surface area contributed by atoms with Crippen molar-refractivity contribution in [2.45, 2.75) is 46.6 Å². The smallest absolute Gasteiger partial charge is 0.242 e. The lowest BCUT2D eigenvalue weighted by Crippen LogP contribution is -2.48. The van der Waals surface area contributed by atoms with E-state index >= 15 is 0 Å². The molecule has 2 amide bonds. The molecule has 0 unspecified atom stereocenters. The van der Waals surface area contributed by atoms with E-state index in [4.69, 9.17) is 21.1 Å². The van der Waals surface area contributed by atoms with Gasteiger partial charge >= 0.3 is 0 Å². The first-order valence-corrected chi connectivity index (χ1v) is 13.0. The largest absolute Gasteiger partial charge is 0.493 e. The van der Waals surface area contributed by atoms with Gasteiger partial charge in [-0.3, -0.25) is 9.59 Å². The SMILES string of the molecule is CCCCN(CC(=O)N(CCc1ccc(OC)c(OC)c1)Cc1cccs1)C(=O)C(C)(C)CCl. The maximum absolute atomic E-state index is 13.5. The van der Waals surface area contributed by atoms with Crippen molar-refractivity contribution >= 4 is 34.8 Å². The Bertz CT molecular complexity index is 918. The van der Waals surface area contributed by atoms with Crippen LogP contribution in [0.4, 0.5) is 0 Å². The average Bonchev–Trinajstić information content (AvgIpc) is 3.36. The number of hydrogen-bond donors (Lipinski definition) is 0. The molecule has 2 rings (SSSR count). The van der Waals surface area contributed by atoms with Crippen molar-refractivity contribution in [3.05, 3.63) is 46.2 Å². The van der Waals surface area contributed by atoms with Crippen molar-refractivity contribution in [2.24, 2.45) is 5.41 Å². The highest BCUT2D eigenvalue weighted by atomic mass is 35.5. The molecular weight excluding hydrogens is 472 g/mol. The van der Waals surface area contributed by atoms with Crippen LogP contribution in [0.1, 0.15) is 44.1 Å². The Kier molecular flexibility index (Phi) is 11.2. The molecule has 188 valence electrons. The summed E-state index contributed by atoms with van der Waals surface area (Å²) in [6.07, 6.45) is 2.44. The van der Waals surface area contributed by atoms with Gasteiger partial charge in [-0.1, -0.05) is 25.5 Å². The van der Waals surface area contributed by atoms with E-state index in [1.807, 2.05) is 54.5 Å². The molecule has 1 heterocycles. The van der Waals surface area contributed by atoms with Gasteiger partial charge in [-0.05, 0) is 55.8 Å². The molecular formula is C26H37ClN2O4S. The molecule has 0 atom stereocenters. The molecule has 0 aliphatic heterocycles. The summed E-state index contributed by atoms with van der Waals surface area (Å²) in [5.74, 6) is 1.39. The van der Waals surface area contributed by atoms with Crippen molar-refractivity contribution in [1.82, 2.24) is 9.80 Å². The standard InChI is InChI=1S/C26H37ClN2O4S/c1-6-7-13-29(25(31)26(2,3)19-27)18-24(30)28(17-21-9-8-15-34-21)14-12-20-10-11-22(32-4)23(16-20)33-5/h8-11,15-16H,6-7,12-14,17-19H2,1-5H3. The van der Waals surface area contributed by atoms with Crippen LogP contribution in [0.5, 0.6) is 11.5 Å². The molecule has 8 heteroatoms. The summed E-state index contributed by atoms with van der Waals surface area (Å²) in [4.78, 5) is 31.2. The van der Waals surface area contributed by atoms with Gasteiger partial charge in [-0.2, -0.15) is 0 Å². The Morgan fingerprint density at radius 1 is 1.06 bits per heavy atom. The predicted octanol–water partition coefficient (Wildman–Crippen LogP) is 5.23. The minimum atomic E-state index is -0.714. The zero-order valence-corrected chi connectivity index (χ0v) is 22.5. The van der Waals surface area contributed by atoms with Gasteiger partial charge in [-0.15, -0.1) is 22.9 Å². The highest BCUT2D eigenvalue weighted by Crippen LogP contribution is 2.28. The fourth-order valence-electron chi connectivity index (χ4n) is 3.53. The number of unbranched alkanes of at least 4 members (excludes halogenated alkanes) is 1. The molecule has 0 N–H and O–H groups in total. The third-order valence-electron chi connectivity index (χ3n) is 5.71. The fourth-order valence-corrected chi connectivity index (χ4v) is 4.37. The highest BCUT2D eigenvalue weighted by Gasteiger charge is 2.32. The molecule has 0 saturated heterocycles. The summed E-state index contributed by atoms with van der Waals surface area (Å²) >= 11 is 7.68. The van der Waals surface area contributed by atoms with E-state index in [-0.39, 0.29) is 24.2 Å². The normalized spacial score (nSPS) is 11.2. The van der Waals surface area contributed by atoms with Crippen LogP contribution in [0, 0.1) is 5.41 Å². The summed E-state index contributed by atoms with van der Waals surface area (Å²) in [5.41, 5.74) is 0.331. The second-order valence-electron chi connectivity index (χ2n) is 8.93. The predicted molar refractivity (Wildman–Crippen MR) is 139 cm³/mol. The highest BCUT2D eigenvalue weighted by molar-refractivity contribution is 7.09. The van der Waals surface area contributed by atoms with Gasteiger partial charge in [0.1, 0.15) is 0 Å². The van der Waals surface area contributed by atoms with E-state index in [9.17, 15) is 9.59 Å². The first-order chi connectivity index (χ1) is 16.2. The average molecular weight is 509 g/mol. The van der Waals surface area contributed by atoms with Crippen LogP contribution in [0.25, 0.3) is 0 Å². The van der Waals surface area contributed by atoms with Crippen LogP contribution in [-0.4, -0.2) is 61.3 Å². The minimum Gasteiger partial charge on any atom is -0.493 e. The summed E-state index contributed by atoms with van der Waals surface area (Å²) < 4.78 is 10.7. The molecule has 0 spiro atoms. The molecule has 1 aromatic carbocycles. The van der Waals surface area contributed by atoms with Crippen molar-refractivity contribution < 1.29 is 19.1 Å². The lowest BCUT2D eigenvalue weighted by Gasteiger charge is -2.32. The number of thiophene rings is 1. The monoisotopic (exact) mass is 508 g/mol. The number of halogens is 1. The van der Waals surface area contributed by atoms with E-state index in [0.29, 0.717) is 37.6 Å². The Morgan fingerprint density at radius 3 is 2.38 bits per heavy atom. The number of carbonyl (C=O) groups is 2. The summed E-state index contributed by atoms with van der Waals surface area (Å²) in [5, 5.41) is 2.01. The molecule has 0 bridgehead atoms. The number of amides is 2. The van der Waals surface area contributed by atoms with Crippen molar-refractivity contribution in [1.29, 1.82) is 0 Å². The van der Waals surface area contributed by atoms with Gasteiger partial charge in [-0.25, -0.2) is 0 Å². The molecule has 6 nitrogen and oxygen atoms in total. The minimum absolute atomic E-state index is 0.0520. The number of benzene rings is 1. The van der Waals surface area contributed by atoms with Gasteiger partial charge in [0.2, 0.25) is 11.8 Å². The lowest BCUT2D eigenvalue weighted by molar-refractivity contribution is -0.145. The second-order valence-corrected chi connectivity index (χ2v) is 10.2. The van der Waals surface area contributed by atoms with Crippen LogP contribution >= 0.6 is 22.9 Å². The third kappa shape index (κ3) is 7.91. The Labute approximate surface area is 212 Å². The van der Waals surface area contributed by atoms with E-state index in [1.165, 1.54) is 0 Å². The van der Waals surface area contributed by atoms with E-state index < -0.39 is 5.41 Å². The maximum Gasteiger partial charge on any atom is 0.242 e. The molecule has 0 fully saturated rings. The van der Waals surface area contributed by atoms with Crippen LogP contribution < -0.4 is 9.47 Å². The summed E-state index contributed by atoms with van der Waals surface area (Å²) in [6.45, 7) is 7.36. The molecule has 0 radical (unpaired) electrons. The second kappa shape index (κ2) is 13.6. The van der Waals surface area contributed by atoms with Crippen LogP contribution in [0.3, 0.4) is 0 Å². The topological polar surface area (TPSA) is 59.1 Å². The first kappa shape index (κ1) is 28.0. The van der Waals surface area contributed by atoms with E-state index in [1.54, 1.807) is 30.5 Å². The molecule has 0 saturated carbocycles. The third-order valence-corrected chi connectivity index (χ3v) is 7.24. The molecule has 1 aromatic heterocycles. The summed E-state index contributed by atoms with van der Waals surface area (Å²) in [7, 11) is 3.22. The number of alkyl halides is 1. The van der Waals surface area contributed by atoms with Crippen molar-refractivity contribution in [2.75, 3.05) is 39.7 Å². The Hall–Kier alpha value is -2.25. The zero-order chi connectivity index (χ0) is 25.1. The number of nitrogens with zero attached hydrogens (tertiary/aromatic N) is 2. The van der Waals surface area contributed by atoms with Crippen LogP contribution in [-0.2, 0) is 22.6 Å².